The van der Waals surface area contributed by atoms with Gasteiger partial charge in [0.25, 0.3) is 5.52 Å². The molecule has 188 valence electrons. The van der Waals surface area contributed by atoms with E-state index in [-0.39, 0.29) is 25.9 Å². The molecule has 1 aromatic heterocycles. The van der Waals surface area contributed by atoms with Crippen molar-refractivity contribution >= 4 is 54.7 Å². The number of hydrogen-bond donors (Lipinski definition) is 0. The quantitative estimate of drug-likeness (QED) is 0.295. The SMILES string of the molecule is Cc1ccc2c(c1)N(CCCS(=O)(=O)[O-])/C(=C\c1oc3ccc(Cl)cc3[n+]1CCCS(=O)(=O)[O-])O2. The van der Waals surface area contributed by atoms with Gasteiger partial charge in [0.2, 0.25) is 11.5 Å². The summed E-state index contributed by atoms with van der Waals surface area (Å²) in [5.74, 6) is 0.135. The maximum absolute atomic E-state index is 11.1. The lowest BCUT2D eigenvalue weighted by atomic mass is 10.2. The van der Waals surface area contributed by atoms with Crippen LogP contribution in [0.15, 0.2) is 46.7 Å². The van der Waals surface area contributed by atoms with Crippen molar-refractivity contribution in [1.29, 1.82) is 0 Å². The van der Waals surface area contributed by atoms with Gasteiger partial charge in [0.15, 0.2) is 12.3 Å². The van der Waals surface area contributed by atoms with Crippen LogP contribution in [-0.2, 0) is 26.8 Å². The molecular weight excluding hydrogens is 520 g/mol. The minimum Gasteiger partial charge on any atom is -0.748 e. The smallest absolute Gasteiger partial charge is 0.379 e. The molecule has 2 aromatic carbocycles. The van der Waals surface area contributed by atoms with Crippen molar-refractivity contribution in [2.45, 2.75) is 26.3 Å². The van der Waals surface area contributed by atoms with Gasteiger partial charge in [-0.05, 0) is 43.2 Å². The van der Waals surface area contributed by atoms with E-state index in [0.717, 1.165) is 5.56 Å². The molecule has 1 aliphatic rings. The number of anilines is 1. The van der Waals surface area contributed by atoms with Crippen LogP contribution >= 0.6 is 11.6 Å². The Morgan fingerprint density at radius 1 is 1.03 bits per heavy atom. The highest BCUT2D eigenvalue weighted by Crippen LogP contribution is 2.40. The monoisotopic (exact) mass is 541 g/mol. The first kappa shape index (κ1) is 25.5. The summed E-state index contributed by atoms with van der Waals surface area (Å²) in [4.78, 5) is 1.75. The first-order valence-electron chi connectivity index (χ1n) is 10.7. The molecule has 0 spiro atoms. The van der Waals surface area contributed by atoms with Gasteiger partial charge in [-0.15, -0.1) is 0 Å². The highest BCUT2D eigenvalue weighted by atomic mass is 35.5. The molecule has 0 N–H and O–H groups in total. The molecular formula is C22H22ClN2O8S2-. The van der Waals surface area contributed by atoms with Crippen molar-refractivity contribution < 1.29 is 39.7 Å². The Kier molecular flexibility index (Phi) is 7.11. The van der Waals surface area contributed by atoms with E-state index in [4.69, 9.17) is 20.8 Å². The first-order valence-corrected chi connectivity index (χ1v) is 14.2. The molecule has 0 bridgehead atoms. The summed E-state index contributed by atoms with van der Waals surface area (Å²) in [6, 6.07) is 10.5. The molecule has 1 aliphatic heterocycles. The third-order valence-electron chi connectivity index (χ3n) is 5.38. The summed E-state index contributed by atoms with van der Waals surface area (Å²) < 4.78 is 80.3. The molecule has 0 amide bonds. The van der Waals surface area contributed by atoms with Gasteiger partial charge in [0.1, 0.15) is 6.08 Å². The molecule has 35 heavy (non-hydrogen) atoms. The highest BCUT2D eigenvalue weighted by Gasteiger charge is 2.30. The normalized spacial score (nSPS) is 15.1. The number of oxazole rings is 1. The summed E-state index contributed by atoms with van der Waals surface area (Å²) in [5.41, 5.74) is 2.76. The molecule has 0 saturated heterocycles. The Labute approximate surface area is 207 Å². The second-order valence-electron chi connectivity index (χ2n) is 8.14. The summed E-state index contributed by atoms with van der Waals surface area (Å²) in [7, 11) is -8.76. The van der Waals surface area contributed by atoms with Crippen LogP contribution in [0.4, 0.5) is 5.69 Å². The fourth-order valence-corrected chi connectivity index (χ4v) is 5.00. The van der Waals surface area contributed by atoms with Gasteiger partial charge >= 0.3 is 5.89 Å². The van der Waals surface area contributed by atoms with Crippen LogP contribution in [0.3, 0.4) is 0 Å². The topological polar surface area (TPSA) is 144 Å². The maximum Gasteiger partial charge on any atom is 0.379 e. The number of halogens is 1. The van der Waals surface area contributed by atoms with Crippen LogP contribution in [0, 0.1) is 6.92 Å². The number of nitrogens with zero attached hydrogens (tertiary/aromatic N) is 2. The number of benzene rings is 2. The van der Waals surface area contributed by atoms with E-state index in [0.29, 0.717) is 39.3 Å². The fourth-order valence-electron chi connectivity index (χ4n) is 3.87. The lowest BCUT2D eigenvalue weighted by Crippen LogP contribution is -2.36. The van der Waals surface area contributed by atoms with Gasteiger partial charge in [-0.1, -0.05) is 17.7 Å². The van der Waals surface area contributed by atoms with Crippen LogP contribution in [-0.4, -0.2) is 44.0 Å². The number of fused-ring (bicyclic) bond motifs is 2. The van der Waals surface area contributed by atoms with Crippen molar-refractivity contribution in [3.8, 4) is 5.75 Å². The molecule has 0 aliphatic carbocycles. The van der Waals surface area contributed by atoms with E-state index < -0.39 is 31.7 Å². The van der Waals surface area contributed by atoms with Gasteiger partial charge in [-0.3, -0.25) is 0 Å². The van der Waals surface area contributed by atoms with E-state index in [9.17, 15) is 25.9 Å². The average molecular weight is 542 g/mol. The zero-order chi connectivity index (χ0) is 25.4. The van der Waals surface area contributed by atoms with E-state index in [1.807, 2.05) is 19.1 Å². The van der Waals surface area contributed by atoms with Crippen LogP contribution < -0.4 is 14.2 Å². The predicted octanol–water partition coefficient (Wildman–Crippen LogP) is 2.75. The van der Waals surface area contributed by atoms with Crippen molar-refractivity contribution in [2.24, 2.45) is 0 Å². The third-order valence-corrected chi connectivity index (χ3v) is 7.19. The average Bonchev–Trinajstić information content (AvgIpc) is 3.24. The Balaban J connectivity index is 1.73. The standard InChI is InChI=1S/C22H23ClN2O8S2/c1-15-4-6-19-17(12-15)24(8-2-10-34(26,27)28)21(32-19)14-22-25(9-3-11-35(29,30)31)18-13-16(23)5-7-20(18)33-22/h4-7,12-14H,2-3,8-11H2,1H3,(H-,26,27,28,29,30,31)/p-1. The summed E-state index contributed by atoms with van der Waals surface area (Å²) >= 11 is 6.15. The van der Waals surface area contributed by atoms with Crippen LogP contribution in [0.5, 0.6) is 5.75 Å². The molecule has 0 atom stereocenters. The third kappa shape index (κ3) is 6.33. The second kappa shape index (κ2) is 9.78. The van der Waals surface area contributed by atoms with Gasteiger partial charge < -0.3 is 23.2 Å². The highest BCUT2D eigenvalue weighted by molar-refractivity contribution is 7.85. The largest absolute Gasteiger partial charge is 0.748 e. The Morgan fingerprint density at radius 2 is 1.74 bits per heavy atom. The zero-order valence-corrected chi connectivity index (χ0v) is 21.0. The molecule has 10 nitrogen and oxygen atoms in total. The van der Waals surface area contributed by atoms with Crippen molar-refractivity contribution in [2.75, 3.05) is 23.0 Å². The van der Waals surface area contributed by atoms with E-state index in [1.165, 1.54) is 0 Å². The van der Waals surface area contributed by atoms with Gasteiger partial charge in [-0.2, -0.15) is 4.57 Å². The Hall–Kier alpha value is -2.64. The Morgan fingerprint density at radius 3 is 2.46 bits per heavy atom. The van der Waals surface area contributed by atoms with Gasteiger partial charge in [-0.25, -0.2) is 16.8 Å². The van der Waals surface area contributed by atoms with E-state index in [1.54, 1.807) is 39.8 Å². The Bertz CT molecular complexity index is 1510. The van der Waals surface area contributed by atoms with Crippen LogP contribution in [0.25, 0.3) is 17.2 Å². The predicted molar refractivity (Wildman–Crippen MR) is 127 cm³/mol. The van der Waals surface area contributed by atoms with Gasteiger partial charge in [0, 0.05) is 35.6 Å². The van der Waals surface area contributed by atoms with Gasteiger partial charge in [0.05, 0.1) is 25.9 Å². The van der Waals surface area contributed by atoms with Crippen molar-refractivity contribution in [1.82, 2.24) is 0 Å². The molecule has 0 radical (unpaired) electrons. The van der Waals surface area contributed by atoms with E-state index >= 15 is 0 Å². The van der Waals surface area contributed by atoms with E-state index in [2.05, 4.69) is 0 Å². The molecule has 3 aromatic rings. The summed E-state index contributed by atoms with van der Waals surface area (Å²) in [5, 5.41) is 0.447. The minimum absolute atomic E-state index is 0.0547. The maximum atomic E-state index is 11.1. The molecule has 0 unspecified atom stereocenters. The lowest BCUT2D eigenvalue weighted by Gasteiger charge is -2.18. The minimum atomic E-state index is -4.39. The zero-order valence-electron chi connectivity index (χ0n) is 18.6. The number of hydrogen-bond acceptors (Lipinski definition) is 9. The van der Waals surface area contributed by atoms with Crippen LogP contribution in [0.1, 0.15) is 24.3 Å². The number of aromatic nitrogens is 1. The molecule has 2 heterocycles. The lowest BCUT2D eigenvalue weighted by molar-refractivity contribution is -0.677. The van der Waals surface area contributed by atoms with Crippen molar-refractivity contribution in [3.05, 3.63) is 58.8 Å². The molecule has 13 heteroatoms. The number of ether oxygens (including phenoxy) is 1. The first-order chi connectivity index (χ1) is 16.4. The molecule has 4 rings (SSSR count). The number of rotatable bonds is 9. The number of aryl methyl sites for hydroxylation is 2. The second-order valence-corrected chi connectivity index (χ2v) is 11.6. The summed E-state index contributed by atoms with van der Waals surface area (Å²) in [6.07, 6.45) is 1.73. The summed E-state index contributed by atoms with van der Waals surface area (Å²) in [6.45, 7) is 2.27. The van der Waals surface area contributed by atoms with Crippen molar-refractivity contribution in [3.63, 3.8) is 0 Å². The van der Waals surface area contributed by atoms with Crippen LogP contribution in [0.2, 0.25) is 5.02 Å². The molecule has 0 saturated carbocycles. The molecule has 0 fully saturated rings. The fraction of sp³-hybridized carbons (Fsp3) is 0.318.